The van der Waals surface area contributed by atoms with Gasteiger partial charge in [-0.1, -0.05) is 15.9 Å². The van der Waals surface area contributed by atoms with Gasteiger partial charge in [-0.2, -0.15) is 0 Å². The van der Waals surface area contributed by atoms with Gasteiger partial charge in [0.05, 0.1) is 18.1 Å². The predicted octanol–water partition coefficient (Wildman–Crippen LogP) is 3.31. The van der Waals surface area contributed by atoms with E-state index in [0.717, 1.165) is 70.0 Å². The number of likely N-dealkylation sites (tertiary alicyclic amines) is 1. The maximum Gasteiger partial charge on any atom is 0.294 e. The van der Waals surface area contributed by atoms with Gasteiger partial charge < -0.3 is 19.1 Å². The zero-order valence-corrected chi connectivity index (χ0v) is 22.2. The molecule has 0 radical (unpaired) electrons. The van der Waals surface area contributed by atoms with Crippen LogP contribution in [0, 0.1) is 0 Å². The van der Waals surface area contributed by atoms with E-state index in [2.05, 4.69) is 15.9 Å². The molecule has 9 nitrogen and oxygen atoms in total. The summed E-state index contributed by atoms with van der Waals surface area (Å²) in [6.07, 6.45) is 6.74. The number of hydrogen-bond acceptors (Lipinski definition) is 6. The number of piperidine rings is 1. The Morgan fingerprint density at radius 2 is 1.67 bits per heavy atom. The smallest absolute Gasteiger partial charge is 0.294 e. The molecule has 0 N–H and O–H groups in total. The molecule has 3 aliphatic rings. The fourth-order valence-electron chi connectivity index (χ4n) is 4.76. The van der Waals surface area contributed by atoms with Crippen LogP contribution in [0.4, 0.5) is 4.79 Å². The zero-order valence-electron chi connectivity index (χ0n) is 19.8. The second kappa shape index (κ2) is 10.8. The molecule has 3 fully saturated rings. The van der Waals surface area contributed by atoms with Crippen LogP contribution in [0.25, 0.3) is 17.0 Å². The van der Waals surface area contributed by atoms with Gasteiger partial charge in [0.25, 0.3) is 11.1 Å². The average molecular weight is 575 g/mol. The van der Waals surface area contributed by atoms with Crippen molar-refractivity contribution in [3.05, 3.63) is 39.3 Å². The zero-order chi connectivity index (χ0) is 25.2. The lowest BCUT2D eigenvalue weighted by molar-refractivity contribution is -0.139. The van der Waals surface area contributed by atoms with E-state index < -0.39 is 11.1 Å². The second-order valence-corrected chi connectivity index (χ2v) is 11.0. The molecule has 0 spiro atoms. The number of rotatable bonds is 5. The summed E-state index contributed by atoms with van der Waals surface area (Å²) in [4.78, 5) is 56.0. The first-order valence-electron chi connectivity index (χ1n) is 12.1. The van der Waals surface area contributed by atoms with Crippen molar-refractivity contribution in [3.8, 4) is 0 Å². The fourth-order valence-corrected chi connectivity index (χ4v) is 5.95. The van der Waals surface area contributed by atoms with E-state index in [1.54, 1.807) is 11.0 Å². The Hall–Kier alpha value is -2.63. The highest BCUT2D eigenvalue weighted by atomic mass is 79.9. The molecule has 11 heteroatoms. The summed E-state index contributed by atoms with van der Waals surface area (Å²) in [7, 11) is 0. The Balaban J connectivity index is 1.38. The van der Waals surface area contributed by atoms with Crippen molar-refractivity contribution >= 4 is 67.6 Å². The molecule has 0 unspecified atom stereocenters. The van der Waals surface area contributed by atoms with Gasteiger partial charge in [-0.3, -0.25) is 24.1 Å². The number of benzene rings is 1. The molecule has 4 amide bonds. The Labute approximate surface area is 221 Å². The van der Waals surface area contributed by atoms with Crippen LogP contribution in [0.2, 0.25) is 0 Å². The summed E-state index contributed by atoms with van der Waals surface area (Å²) >= 11 is 4.34. The third-order valence-electron chi connectivity index (χ3n) is 6.71. The van der Waals surface area contributed by atoms with E-state index in [0.29, 0.717) is 26.3 Å². The molecular weight excluding hydrogens is 548 g/mol. The van der Waals surface area contributed by atoms with Crippen LogP contribution in [0.5, 0.6) is 0 Å². The number of carbonyl (C=O) groups excluding carboxylic acids is 4. The molecule has 3 aliphatic heterocycles. The number of nitrogens with zero attached hydrogens (tertiary/aromatic N) is 4. The summed E-state index contributed by atoms with van der Waals surface area (Å²) in [5, 5.41) is 0.407. The monoisotopic (exact) mass is 574 g/mol. The Bertz CT molecular complexity index is 1250. The van der Waals surface area contributed by atoms with Crippen molar-refractivity contribution < 1.29 is 23.9 Å². The highest BCUT2D eigenvalue weighted by Gasteiger charge is 2.37. The minimum atomic E-state index is -0.480. The van der Waals surface area contributed by atoms with Gasteiger partial charge in [0.1, 0.15) is 13.1 Å². The van der Waals surface area contributed by atoms with E-state index in [9.17, 15) is 19.2 Å². The van der Waals surface area contributed by atoms with Crippen LogP contribution >= 0.6 is 27.7 Å². The first-order chi connectivity index (χ1) is 17.4. The summed E-state index contributed by atoms with van der Waals surface area (Å²) < 4.78 is 8.03. The Kier molecular flexibility index (Phi) is 7.49. The molecule has 36 heavy (non-hydrogen) atoms. The lowest BCUT2D eigenvalue weighted by atomic mass is 10.1. The summed E-state index contributed by atoms with van der Waals surface area (Å²) in [6, 6.07) is 5.79. The largest absolute Gasteiger partial charge is 0.378 e. The number of fused-ring (bicyclic) bond motifs is 1. The van der Waals surface area contributed by atoms with Gasteiger partial charge in [-0.15, -0.1) is 0 Å². The lowest BCUT2D eigenvalue weighted by Crippen LogP contribution is -2.46. The molecule has 0 aliphatic carbocycles. The van der Waals surface area contributed by atoms with Crippen molar-refractivity contribution in [2.75, 3.05) is 45.9 Å². The predicted molar refractivity (Wildman–Crippen MR) is 140 cm³/mol. The van der Waals surface area contributed by atoms with Gasteiger partial charge >= 0.3 is 0 Å². The van der Waals surface area contributed by atoms with Crippen molar-refractivity contribution in [2.45, 2.75) is 25.8 Å². The first-order valence-corrected chi connectivity index (χ1v) is 13.7. The number of ether oxygens (including phenoxy) is 1. The van der Waals surface area contributed by atoms with Crippen LogP contribution in [-0.2, 0) is 25.7 Å². The Morgan fingerprint density at radius 1 is 0.972 bits per heavy atom. The van der Waals surface area contributed by atoms with Crippen molar-refractivity contribution in [3.63, 3.8) is 0 Å². The normalized spacial score (nSPS) is 20.1. The molecule has 0 saturated carbocycles. The van der Waals surface area contributed by atoms with Crippen LogP contribution in [0.1, 0.15) is 24.8 Å². The summed E-state index contributed by atoms with van der Waals surface area (Å²) in [5.74, 6) is -0.673. The molecule has 2 aromatic rings. The number of imide groups is 1. The van der Waals surface area contributed by atoms with Gasteiger partial charge in [0.2, 0.25) is 11.8 Å². The molecule has 190 valence electrons. The number of morpholine rings is 1. The standard InChI is InChI=1S/C25H27BrN4O5S/c26-18-4-5-20-19(13-18)17(14-29(20)15-22(31)27-6-2-1-3-7-27)12-21-24(33)30(25(34)36-21)16-23(32)28-8-10-35-11-9-28/h4-5,12-14H,1-3,6-11,15-16H2/b21-12-. The molecule has 3 saturated heterocycles. The number of hydrogen-bond donors (Lipinski definition) is 0. The number of thioether (sulfide) groups is 1. The van der Waals surface area contributed by atoms with Gasteiger partial charge in [-0.05, 0) is 55.3 Å². The first kappa shape index (κ1) is 25.0. The van der Waals surface area contributed by atoms with E-state index in [4.69, 9.17) is 4.74 Å². The number of halogens is 1. The van der Waals surface area contributed by atoms with Crippen LogP contribution in [0.15, 0.2) is 33.8 Å². The third kappa shape index (κ3) is 5.23. The maximum absolute atomic E-state index is 13.1. The SMILES string of the molecule is O=C(CN1C(=O)S/C(=C\c2cn(CC(=O)N3CCCCC3)c3ccc(Br)cc23)C1=O)N1CCOCC1. The van der Waals surface area contributed by atoms with Gasteiger partial charge in [0, 0.05) is 53.3 Å². The molecule has 1 aromatic heterocycles. The lowest BCUT2D eigenvalue weighted by Gasteiger charge is -2.28. The van der Waals surface area contributed by atoms with Crippen molar-refractivity contribution in [1.29, 1.82) is 0 Å². The fraction of sp³-hybridized carbons (Fsp3) is 0.440. The molecule has 4 heterocycles. The van der Waals surface area contributed by atoms with E-state index >= 15 is 0 Å². The number of aromatic nitrogens is 1. The van der Waals surface area contributed by atoms with Crippen LogP contribution in [0.3, 0.4) is 0 Å². The average Bonchev–Trinajstić information content (AvgIpc) is 3.35. The molecule has 5 rings (SSSR count). The van der Waals surface area contributed by atoms with Crippen LogP contribution in [-0.4, -0.2) is 88.2 Å². The second-order valence-electron chi connectivity index (χ2n) is 9.08. The summed E-state index contributed by atoms with van der Waals surface area (Å²) in [5.41, 5.74) is 1.61. The number of carbonyl (C=O) groups is 4. The van der Waals surface area contributed by atoms with Gasteiger partial charge in [0.15, 0.2) is 0 Å². The Morgan fingerprint density at radius 3 is 2.42 bits per heavy atom. The van der Waals surface area contributed by atoms with Crippen molar-refractivity contribution in [2.24, 2.45) is 0 Å². The molecular formula is C25H27BrN4O5S. The van der Waals surface area contributed by atoms with Crippen LogP contribution < -0.4 is 0 Å². The quantitative estimate of drug-likeness (QED) is 0.509. The molecule has 1 aromatic carbocycles. The minimum absolute atomic E-state index is 0.0722. The third-order valence-corrected chi connectivity index (χ3v) is 8.11. The van der Waals surface area contributed by atoms with E-state index in [-0.39, 0.29) is 29.8 Å². The van der Waals surface area contributed by atoms with Gasteiger partial charge in [-0.25, -0.2) is 0 Å². The highest BCUT2D eigenvalue weighted by molar-refractivity contribution is 9.10. The van der Waals surface area contributed by atoms with E-state index in [1.807, 2.05) is 33.9 Å². The highest BCUT2D eigenvalue weighted by Crippen LogP contribution is 2.35. The molecule has 0 atom stereocenters. The summed E-state index contributed by atoms with van der Waals surface area (Å²) in [6.45, 7) is 3.31. The topological polar surface area (TPSA) is 92.2 Å². The van der Waals surface area contributed by atoms with Crippen molar-refractivity contribution in [1.82, 2.24) is 19.3 Å². The maximum atomic E-state index is 13.1. The van der Waals surface area contributed by atoms with E-state index in [1.165, 1.54) is 0 Å². The number of amides is 4. The minimum Gasteiger partial charge on any atom is -0.378 e. The molecule has 0 bridgehead atoms.